The maximum atomic E-state index is 12.0. The minimum Gasteiger partial charge on any atom is -0.456 e. The number of benzene rings is 1. The van der Waals surface area contributed by atoms with Gasteiger partial charge in [-0.05, 0) is 49.2 Å². The Balaban J connectivity index is 1.79. The van der Waals surface area contributed by atoms with Crippen molar-refractivity contribution in [3.63, 3.8) is 0 Å². The number of hydrogen-bond donors (Lipinski definition) is 1. The van der Waals surface area contributed by atoms with E-state index in [9.17, 15) is 9.59 Å². The predicted octanol–water partition coefficient (Wildman–Crippen LogP) is 2.75. The maximum Gasteiger partial charge on any atom is 0.291 e. The third kappa shape index (κ3) is 2.54. The lowest BCUT2D eigenvalue weighted by Gasteiger charge is -2.14. The van der Waals surface area contributed by atoms with Gasteiger partial charge in [0.25, 0.3) is 5.91 Å². The number of rotatable bonds is 2. The fraction of sp³-hybridized carbons (Fsp3) is 0.250. The lowest BCUT2D eigenvalue weighted by atomic mass is 10.1. The van der Waals surface area contributed by atoms with Crippen molar-refractivity contribution in [1.82, 2.24) is 0 Å². The molecule has 0 bridgehead atoms. The first-order valence-electron chi connectivity index (χ1n) is 6.83. The van der Waals surface area contributed by atoms with Gasteiger partial charge in [0.15, 0.2) is 5.76 Å². The minimum absolute atomic E-state index is 0.0385. The zero-order valence-corrected chi connectivity index (χ0v) is 12.0. The number of amides is 2. The molecule has 0 radical (unpaired) electrons. The molecule has 1 N–H and O–H groups in total. The fourth-order valence-corrected chi connectivity index (χ4v) is 2.56. The average Bonchev–Trinajstić information content (AvgIpc) is 3.04. The molecular weight excluding hydrogens is 268 g/mol. The van der Waals surface area contributed by atoms with E-state index in [-0.39, 0.29) is 11.8 Å². The first-order valence-corrected chi connectivity index (χ1v) is 6.83. The Morgan fingerprint density at radius 2 is 2.05 bits per heavy atom. The smallest absolute Gasteiger partial charge is 0.291 e. The van der Waals surface area contributed by atoms with Crippen molar-refractivity contribution < 1.29 is 14.0 Å². The third-order valence-electron chi connectivity index (χ3n) is 3.58. The summed E-state index contributed by atoms with van der Waals surface area (Å²) in [5, 5.41) is 2.81. The molecule has 0 saturated carbocycles. The summed E-state index contributed by atoms with van der Waals surface area (Å²) in [7, 11) is 0. The SMILES string of the molecule is CC(=O)N1CCc2cc(NC(=O)c3ccc(C)o3)ccc21. The van der Waals surface area contributed by atoms with Crippen LogP contribution in [0.5, 0.6) is 0 Å². The van der Waals surface area contributed by atoms with Gasteiger partial charge in [-0.2, -0.15) is 0 Å². The van der Waals surface area contributed by atoms with Crippen molar-refractivity contribution in [1.29, 1.82) is 0 Å². The van der Waals surface area contributed by atoms with Crippen molar-refractivity contribution in [2.75, 3.05) is 16.8 Å². The topological polar surface area (TPSA) is 62.6 Å². The van der Waals surface area contributed by atoms with Crippen LogP contribution in [0.4, 0.5) is 11.4 Å². The summed E-state index contributed by atoms with van der Waals surface area (Å²) in [5.41, 5.74) is 2.70. The molecule has 0 atom stereocenters. The highest BCUT2D eigenvalue weighted by Gasteiger charge is 2.22. The van der Waals surface area contributed by atoms with E-state index in [4.69, 9.17) is 4.42 Å². The van der Waals surface area contributed by atoms with Crippen LogP contribution in [-0.2, 0) is 11.2 Å². The van der Waals surface area contributed by atoms with E-state index in [0.29, 0.717) is 23.8 Å². The second-order valence-electron chi connectivity index (χ2n) is 5.13. The lowest BCUT2D eigenvalue weighted by molar-refractivity contribution is -0.116. The Bertz CT molecular complexity index is 718. The molecule has 0 unspecified atom stereocenters. The van der Waals surface area contributed by atoms with Gasteiger partial charge in [0, 0.05) is 24.8 Å². The van der Waals surface area contributed by atoms with Crippen LogP contribution in [0.2, 0.25) is 0 Å². The number of furan rings is 1. The first-order chi connectivity index (χ1) is 10.0. The number of aryl methyl sites for hydroxylation is 1. The number of carbonyl (C=O) groups is 2. The number of fused-ring (bicyclic) bond motifs is 1. The molecule has 2 heterocycles. The number of anilines is 2. The molecule has 5 nitrogen and oxygen atoms in total. The zero-order valence-electron chi connectivity index (χ0n) is 12.0. The summed E-state index contributed by atoms with van der Waals surface area (Å²) < 4.78 is 5.29. The van der Waals surface area contributed by atoms with Gasteiger partial charge in [-0.15, -0.1) is 0 Å². The molecule has 0 aliphatic carbocycles. The molecular formula is C16H16N2O3. The van der Waals surface area contributed by atoms with E-state index < -0.39 is 0 Å². The summed E-state index contributed by atoms with van der Waals surface area (Å²) in [4.78, 5) is 25.3. The predicted molar refractivity (Wildman–Crippen MR) is 79.6 cm³/mol. The van der Waals surface area contributed by atoms with Crippen molar-refractivity contribution in [2.24, 2.45) is 0 Å². The summed E-state index contributed by atoms with van der Waals surface area (Å²) in [6.07, 6.45) is 0.804. The largest absolute Gasteiger partial charge is 0.456 e. The van der Waals surface area contributed by atoms with E-state index in [1.165, 1.54) is 0 Å². The molecule has 0 saturated heterocycles. The van der Waals surface area contributed by atoms with E-state index in [1.807, 2.05) is 12.1 Å². The van der Waals surface area contributed by atoms with Crippen LogP contribution in [0.1, 0.15) is 28.8 Å². The van der Waals surface area contributed by atoms with E-state index in [0.717, 1.165) is 17.7 Å². The van der Waals surface area contributed by atoms with Gasteiger partial charge in [-0.1, -0.05) is 0 Å². The molecule has 2 aromatic rings. The highest BCUT2D eigenvalue weighted by Crippen LogP contribution is 2.30. The van der Waals surface area contributed by atoms with Crippen molar-refractivity contribution in [3.8, 4) is 0 Å². The highest BCUT2D eigenvalue weighted by atomic mass is 16.3. The summed E-state index contributed by atoms with van der Waals surface area (Å²) in [5.74, 6) is 0.755. The monoisotopic (exact) mass is 284 g/mol. The normalized spacial score (nSPS) is 13.1. The number of hydrogen-bond acceptors (Lipinski definition) is 3. The van der Waals surface area contributed by atoms with Crippen LogP contribution in [0, 0.1) is 6.92 Å². The van der Waals surface area contributed by atoms with Crippen molar-refractivity contribution in [2.45, 2.75) is 20.3 Å². The third-order valence-corrected chi connectivity index (χ3v) is 3.58. The molecule has 1 aromatic heterocycles. The van der Waals surface area contributed by atoms with E-state index in [2.05, 4.69) is 5.32 Å². The van der Waals surface area contributed by atoms with Crippen LogP contribution >= 0.6 is 0 Å². The van der Waals surface area contributed by atoms with Gasteiger partial charge in [0.2, 0.25) is 5.91 Å². The molecule has 1 aromatic carbocycles. The quantitative estimate of drug-likeness (QED) is 0.922. The minimum atomic E-state index is -0.274. The van der Waals surface area contributed by atoms with Gasteiger partial charge in [0.1, 0.15) is 5.76 Å². The Hall–Kier alpha value is -2.56. The fourth-order valence-electron chi connectivity index (χ4n) is 2.56. The number of nitrogens with zero attached hydrogens (tertiary/aromatic N) is 1. The van der Waals surface area contributed by atoms with Crippen LogP contribution in [0.25, 0.3) is 0 Å². The van der Waals surface area contributed by atoms with Crippen molar-refractivity contribution >= 4 is 23.2 Å². The Kier molecular flexibility index (Phi) is 3.25. The molecule has 108 valence electrons. The molecule has 2 amide bonds. The Morgan fingerprint density at radius 1 is 1.24 bits per heavy atom. The highest BCUT2D eigenvalue weighted by molar-refractivity contribution is 6.02. The second kappa shape index (κ2) is 5.09. The zero-order chi connectivity index (χ0) is 15.0. The Morgan fingerprint density at radius 3 is 2.71 bits per heavy atom. The molecule has 0 spiro atoms. The van der Waals surface area contributed by atoms with Crippen molar-refractivity contribution in [3.05, 3.63) is 47.4 Å². The molecule has 1 aliphatic heterocycles. The number of carbonyl (C=O) groups excluding carboxylic acids is 2. The van der Waals surface area contributed by atoms with Crippen LogP contribution < -0.4 is 10.2 Å². The molecule has 3 rings (SSSR count). The summed E-state index contributed by atoms with van der Waals surface area (Å²) in [6.45, 7) is 4.05. The number of nitrogens with one attached hydrogen (secondary N) is 1. The molecule has 5 heteroatoms. The van der Waals surface area contributed by atoms with E-state index in [1.54, 1.807) is 36.9 Å². The lowest BCUT2D eigenvalue weighted by Crippen LogP contribution is -2.25. The molecule has 1 aliphatic rings. The molecule has 21 heavy (non-hydrogen) atoms. The van der Waals surface area contributed by atoms with Gasteiger partial charge in [-0.25, -0.2) is 0 Å². The maximum absolute atomic E-state index is 12.0. The standard InChI is InChI=1S/C16H16N2O3/c1-10-3-6-15(21-10)16(20)17-13-4-5-14-12(9-13)7-8-18(14)11(2)19/h3-6,9H,7-8H2,1-2H3,(H,17,20). The first kappa shape index (κ1) is 13.4. The van der Waals surface area contributed by atoms with E-state index >= 15 is 0 Å². The summed E-state index contributed by atoms with van der Waals surface area (Å²) in [6, 6.07) is 8.98. The van der Waals surface area contributed by atoms with Crippen LogP contribution in [0.15, 0.2) is 34.7 Å². The van der Waals surface area contributed by atoms with Gasteiger partial charge in [0.05, 0.1) is 0 Å². The molecule has 0 fully saturated rings. The summed E-state index contributed by atoms with van der Waals surface area (Å²) >= 11 is 0. The average molecular weight is 284 g/mol. The van der Waals surface area contributed by atoms with Gasteiger partial charge < -0.3 is 14.6 Å². The second-order valence-corrected chi connectivity index (χ2v) is 5.13. The van der Waals surface area contributed by atoms with Crippen LogP contribution in [-0.4, -0.2) is 18.4 Å². The van der Waals surface area contributed by atoms with Gasteiger partial charge in [-0.3, -0.25) is 9.59 Å². The van der Waals surface area contributed by atoms with Gasteiger partial charge >= 0.3 is 0 Å². The van der Waals surface area contributed by atoms with Crippen LogP contribution in [0.3, 0.4) is 0 Å². The Labute approximate surface area is 122 Å².